The van der Waals surface area contributed by atoms with Crippen LogP contribution in [0.1, 0.15) is 41.1 Å². The number of carbonyl (C=O) groups excluding carboxylic acids is 1. The van der Waals surface area contributed by atoms with Gasteiger partial charge in [-0.05, 0) is 24.1 Å². The quantitative estimate of drug-likeness (QED) is 0.647. The Morgan fingerprint density at radius 2 is 1.76 bits per heavy atom. The zero-order valence-corrected chi connectivity index (χ0v) is 18.5. The fourth-order valence-corrected chi connectivity index (χ4v) is 4.29. The molecule has 0 N–H and O–H groups in total. The van der Waals surface area contributed by atoms with E-state index in [2.05, 4.69) is 10.1 Å². The predicted molar refractivity (Wildman–Crippen MR) is 111 cm³/mol. The highest BCUT2D eigenvalue weighted by atomic mass is 19.4. The summed E-state index contributed by atoms with van der Waals surface area (Å²) in [5.41, 5.74) is 0.0420. The number of rotatable bonds is 6. The molecular formula is C22H27F3N4O4. The van der Waals surface area contributed by atoms with Gasteiger partial charge in [-0.25, -0.2) is 4.79 Å². The highest BCUT2D eigenvalue weighted by Crippen LogP contribution is 2.37. The van der Waals surface area contributed by atoms with Gasteiger partial charge in [0.25, 0.3) is 0 Å². The van der Waals surface area contributed by atoms with Crippen molar-refractivity contribution >= 4 is 6.03 Å². The summed E-state index contributed by atoms with van der Waals surface area (Å²) in [5.74, 6) is 0.558. The second-order valence-electron chi connectivity index (χ2n) is 8.49. The summed E-state index contributed by atoms with van der Waals surface area (Å²) in [6, 6.07) is 5.02. The lowest BCUT2D eigenvalue weighted by Crippen LogP contribution is -2.59. The Bertz CT molecular complexity index is 944. The Kier molecular flexibility index (Phi) is 6.89. The largest absolute Gasteiger partial charge is 0.416 e. The molecule has 2 unspecified atom stereocenters. The van der Waals surface area contributed by atoms with Gasteiger partial charge in [0.05, 0.1) is 37.3 Å². The first-order valence-electron chi connectivity index (χ1n) is 10.8. The van der Waals surface area contributed by atoms with Gasteiger partial charge in [0.2, 0.25) is 5.89 Å². The number of methoxy groups -OCH3 is 2. The fraction of sp³-hybridized carbons (Fsp3) is 0.591. The molecule has 8 nitrogen and oxygen atoms in total. The lowest BCUT2D eigenvalue weighted by atomic mass is 9.84. The second-order valence-corrected chi connectivity index (χ2v) is 8.49. The van der Waals surface area contributed by atoms with Crippen molar-refractivity contribution in [3.05, 3.63) is 47.1 Å². The molecule has 2 saturated heterocycles. The van der Waals surface area contributed by atoms with Crippen LogP contribution in [0.25, 0.3) is 0 Å². The van der Waals surface area contributed by atoms with E-state index in [1.165, 1.54) is 12.1 Å². The number of ether oxygens (including phenoxy) is 2. The number of benzene rings is 1. The third-order valence-corrected chi connectivity index (χ3v) is 6.25. The predicted octanol–water partition coefficient (Wildman–Crippen LogP) is 3.30. The molecule has 3 heterocycles. The molecular weight excluding hydrogens is 441 g/mol. The molecule has 2 amide bonds. The SMILES string of the molecule is COCCc1noc(C2CC(c3ccc(C(F)(F)F)cc3)CN(C(=O)N3CC(OC)C3)C2)n1. The Balaban J connectivity index is 1.54. The number of hydrogen-bond acceptors (Lipinski definition) is 6. The maximum Gasteiger partial charge on any atom is 0.416 e. The van der Waals surface area contributed by atoms with Gasteiger partial charge in [-0.3, -0.25) is 0 Å². The molecule has 0 saturated carbocycles. The van der Waals surface area contributed by atoms with Crippen molar-refractivity contribution in [3.8, 4) is 0 Å². The number of aromatic nitrogens is 2. The monoisotopic (exact) mass is 468 g/mol. The number of hydrogen-bond donors (Lipinski definition) is 0. The third-order valence-electron chi connectivity index (χ3n) is 6.25. The molecule has 2 aliphatic heterocycles. The molecule has 0 aliphatic carbocycles. The van der Waals surface area contributed by atoms with Crippen LogP contribution in [0.2, 0.25) is 0 Å². The van der Waals surface area contributed by atoms with E-state index in [9.17, 15) is 18.0 Å². The molecule has 2 fully saturated rings. The van der Waals surface area contributed by atoms with E-state index in [1.807, 2.05) is 0 Å². The minimum atomic E-state index is -4.40. The summed E-state index contributed by atoms with van der Waals surface area (Å²) in [4.78, 5) is 21.0. The number of halogens is 3. The Morgan fingerprint density at radius 3 is 2.39 bits per heavy atom. The van der Waals surface area contributed by atoms with E-state index in [1.54, 1.807) is 24.0 Å². The van der Waals surface area contributed by atoms with Crippen LogP contribution < -0.4 is 0 Å². The number of nitrogens with zero attached hydrogens (tertiary/aromatic N) is 4. The van der Waals surface area contributed by atoms with Crippen LogP contribution in [0.15, 0.2) is 28.8 Å². The molecule has 180 valence electrons. The lowest BCUT2D eigenvalue weighted by molar-refractivity contribution is -0.137. The van der Waals surface area contributed by atoms with Crippen molar-refractivity contribution in [1.82, 2.24) is 19.9 Å². The van der Waals surface area contributed by atoms with Gasteiger partial charge in [0.1, 0.15) is 0 Å². The normalized spacial score (nSPS) is 21.8. The van der Waals surface area contributed by atoms with Gasteiger partial charge in [0.15, 0.2) is 5.82 Å². The van der Waals surface area contributed by atoms with Crippen molar-refractivity contribution in [2.45, 2.75) is 37.0 Å². The van der Waals surface area contributed by atoms with Gasteiger partial charge in [-0.2, -0.15) is 18.2 Å². The molecule has 2 aliphatic rings. The number of likely N-dealkylation sites (tertiary alicyclic amines) is 2. The van der Waals surface area contributed by atoms with Crippen molar-refractivity contribution in [3.63, 3.8) is 0 Å². The highest BCUT2D eigenvalue weighted by Gasteiger charge is 2.39. The molecule has 1 aromatic carbocycles. The minimum absolute atomic E-state index is 0.0273. The Morgan fingerprint density at radius 1 is 1.09 bits per heavy atom. The van der Waals surface area contributed by atoms with Crippen molar-refractivity contribution in [2.75, 3.05) is 47.0 Å². The number of piperidine rings is 1. The van der Waals surface area contributed by atoms with E-state index in [-0.39, 0.29) is 24.0 Å². The van der Waals surface area contributed by atoms with Crippen LogP contribution in [0, 0.1) is 0 Å². The average Bonchev–Trinajstić information content (AvgIpc) is 3.25. The smallest absolute Gasteiger partial charge is 0.384 e. The maximum atomic E-state index is 13.1. The number of carbonyl (C=O) groups is 1. The van der Waals surface area contributed by atoms with E-state index < -0.39 is 11.7 Å². The van der Waals surface area contributed by atoms with Crippen molar-refractivity contribution in [1.29, 1.82) is 0 Å². The average molecular weight is 468 g/mol. The van der Waals surface area contributed by atoms with Gasteiger partial charge < -0.3 is 23.8 Å². The van der Waals surface area contributed by atoms with E-state index in [0.717, 1.165) is 17.7 Å². The highest BCUT2D eigenvalue weighted by molar-refractivity contribution is 5.75. The second kappa shape index (κ2) is 9.68. The zero-order chi connectivity index (χ0) is 23.6. The van der Waals surface area contributed by atoms with Crippen LogP contribution >= 0.6 is 0 Å². The van der Waals surface area contributed by atoms with E-state index in [0.29, 0.717) is 57.3 Å². The molecule has 2 aromatic rings. The fourth-order valence-electron chi connectivity index (χ4n) is 4.29. The van der Waals surface area contributed by atoms with Crippen molar-refractivity contribution < 1.29 is 32.0 Å². The molecule has 0 spiro atoms. The van der Waals surface area contributed by atoms with Crippen molar-refractivity contribution in [2.24, 2.45) is 0 Å². The first-order chi connectivity index (χ1) is 15.8. The molecule has 11 heteroatoms. The lowest BCUT2D eigenvalue weighted by Gasteiger charge is -2.44. The van der Waals surface area contributed by atoms with E-state index >= 15 is 0 Å². The summed E-state index contributed by atoms with van der Waals surface area (Å²) in [6.45, 7) is 2.29. The van der Waals surface area contributed by atoms with E-state index in [4.69, 9.17) is 14.0 Å². The Hall–Kier alpha value is -2.66. The van der Waals surface area contributed by atoms with Crippen LogP contribution in [0.5, 0.6) is 0 Å². The van der Waals surface area contributed by atoms with Crippen LogP contribution in [-0.2, 0) is 22.1 Å². The standard InChI is InChI=1S/C22H27F3N4O4/c1-31-8-7-19-26-20(33-27-19)16-9-15(14-3-5-17(6-4-14)22(23,24)25)10-28(11-16)21(30)29-12-18(13-29)32-2/h3-6,15-16,18H,7-13H2,1-2H3. The summed E-state index contributed by atoms with van der Waals surface area (Å²) in [5, 5.41) is 4.00. The number of amides is 2. The van der Waals surface area contributed by atoms with Crippen LogP contribution in [0.4, 0.5) is 18.0 Å². The molecule has 33 heavy (non-hydrogen) atoms. The molecule has 0 bridgehead atoms. The summed E-state index contributed by atoms with van der Waals surface area (Å²) in [7, 11) is 3.20. The first-order valence-corrected chi connectivity index (χ1v) is 10.8. The van der Waals surface area contributed by atoms with Gasteiger partial charge >= 0.3 is 12.2 Å². The maximum absolute atomic E-state index is 13.1. The molecule has 0 radical (unpaired) electrons. The van der Waals surface area contributed by atoms with Gasteiger partial charge in [0, 0.05) is 39.6 Å². The Labute approximate surface area is 189 Å². The third kappa shape index (κ3) is 5.30. The van der Waals surface area contributed by atoms with Gasteiger partial charge in [-0.1, -0.05) is 17.3 Å². The summed E-state index contributed by atoms with van der Waals surface area (Å²) >= 11 is 0. The summed E-state index contributed by atoms with van der Waals surface area (Å²) in [6.07, 6.45) is -3.28. The topological polar surface area (TPSA) is 80.9 Å². The zero-order valence-electron chi connectivity index (χ0n) is 18.5. The van der Waals surface area contributed by atoms with Crippen LogP contribution in [-0.4, -0.2) is 79.1 Å². The summed E-state index contributed by atoms with van der Waals surface area (Å²) < 4.78 is 54.8. The van der Waals surface area contributed by atoms with Gasteiger partial charge in [-0.15, -0.1) is 0 Å². The number of alkyl halides is 3. The molecule has 1 aromatic heterocycles. The number of urea groups is 1. The van der Waals surface area contributed by atoms with Crippen LogP contribution in [0.3, 0.4) is 0 Å². The molecule has 2 atom stereocenters. The minimum Gasteiger partial charge on any atom is -0.384 e. The molecule has 4 rings (SSSR count). The first kappa shape index (κ1) is 23.5.